The molecule has 2 aromatic carbocycles. The number of morpholine rings is 1. The van der Waals surface area contributed by atoms with Gasteiger partial charge in [0, 0.05) is 31.6 Å². The molecular formula is C23H28F3N3O6S. The normalized spacial score (nSPS) is 20.4. The summed E-state index contributed by atoms with van der Waals surface area (Å²) in [6.07, 6.45) is -4.26. The molecule has 2 atom stereocenters. The van der Waals surface area contributed by atoms with Gasteiger partial charge in [0.1, 0.15) is 12.4 Å². The first kappa shape index (κ1) is 27.9. The zero-order chi connectivity index (χ0) is 26.3. The van der Waals surface area contributed by atoms with Gasteiger partial charge in [0.2, 0.25) is 0 Å². The van der Waals surface area contributed by atoms with E-state index in [-0.39, 0.29) is 18.5 Å². The number of hydrogen-bond donors (Lipinski definition) is 3. The zero-order valence-electron chi connectivity index (χ0n) is 19.3. The molecule has 36 heavy (non-hydrogen) atoms. The minimum Gasteiger partial charge on any atom is -0.492 e. The first-order chi connectivity index (χ1) is 17.0. The van der Waals surface area contributed by atoms with Crippen LogP contribution < -0.4 is 15.2 Å². The smallest absolute Gasteiger partial charge is 0.490 e. The number of ether oxygens (including phenoxy) is 2. The van der Waals surface area contributed by atoms with Crippen molar-refractivity contribution in [2.24, 2.45) is 5.73 Å². The van der Waals surface area contributed by atoms with Crippen molar-refractivity contribution in [1.82, 2.24) is 9.03 Å². The van der Waals surface area contributed by atoms with E-state index in [1.165, 1.54) is 9.87 Å². The molecule has 13 heteroatoms. The molecule has 2 aliphatic rings. The fraction of sp³-hybridized carbons (Fsp3) is 0.435. The van der Waals surface area contributed by atoms with Crippen molar-refractivity contribution in [2.45, 2.75) is 31.1 Å². The second-order valence-electron chi connectivity index (χ2n) is 8.28. The van der Waals surface area contributed by atoms with Gasteiger partial charge in [-0.15, -0.1) is 0 Å². The molecule has 0 aliphatic carbocycles. The van der Waals surface area contributed by atoms with Gasteiger partial charge in [-0.3, -0.25) is 0 Å². The molecule has 4 N–H and O–H groups in total. The van der Waals surface area contributed by atoms with E-state index in [4.69, 9.17) is 25.1 Å². The van der Waals surface area contributed by atoms with Crippen LogP contribution in [0.1, 0.15) is 22.6 Å². The number of rotatable bonds is 6. The summed E-state index contributed by atoms with van der Waals surface area (Å²) in [6.45, 7) is 2.31. The fourth-order valence-electron chi connectivity index (χ4n) is 3.84. The van der Waals surface area contributed by atoms with Crippen LogP contribution in [-0.4, -0.2) is 68.9 Å². The van der Waals surface area contributed by atoms with Gasteiger partial charge in [0.15, 0.2) is 0 Å². The molecule has 0 aromatic heterocycles. The number of fused-ring (bicyclic) bond motifs is 1. The summed E-state index contributed by atoms with van der Waals surface area (Å²) < 4.78 is 71.9. The Balaban J connectivity index is 0.000000454. The minimum atomic E-state index is -5.08. The van der Waals surface area contributed by atoms with E-state index in [0.29, 0.717) is 32.9 Å². The van der Waals surface area contributed by atoms with Crippen LogP contribution in [0.4, 0.5) is 13.2 Å². The number of aliphatic carboxylic acids is 1. The Morgan fingerprint density at radius 2 is 1.75 bits per heavy atom. The number of nitrogens with zero attached hydrogens (tertiary/aromatic N) is 1. The molecule has 1 saturated heterocycles. The second kappa shape index (κ2) is 12.0. The third kappa shape index (κ3) is 7.64. The highest BCUT2D eigenvalue weighted by molar-refractivity contribution is 7.87. The molecule has 2 unspecified atom stereocenters. The van der Waals surface area contributed by atoms with Gasteiger partial charge in [0.25, 0.3) is 10.2 Å². The van der Waals surface area contributed by atoms with Crippen molar-refractivity contribution in [3.8, 4) is 5.75 Å². The quantitative estimate of drug-likeness (QED) is 0.520. The van der Waals surface area contributed by atoms with Gasteiger partial charge < -0.3 is 20.3 Å². The number of benzene rings is 2. The average Bonchev–Trinajstić information content (AvgIpc) is 2.85. The molecule has 0 radical (unpaired) electrons. The van der Waals surface area contributed by atoms with E-state index in [1.54, 1.807) is 0 Å². The van der Waals surface area contributed by atoms with Crippen molar-refractivity contribution in [3.63, 3.8) is 0 Å². The number of carboxylic acid groups (broad SMARTS) is 1. The molecule has 2 aliphatic heterocycles. The number of hydrogen-bond acceptors (Lipinski definition) is 6. The lowest BCUT2D eigenvalue weighted by Gasteiger charge is -2.32. The van der Waals surface area contributed by atoms with Crippen molar-refractivity contribution < 1.29 is 41.0 Å². The fourth-order valence-corrected chi connectivity index (χ4v) is 5.01. The maximum Gasteiger partial charge on any atom is 0.490 e. The lowest BCUT2D eigenvalue weighted by molar-refractivity contribution is -0.192. The van der Waals surface area contributed by atoms with Gasteiger partial charge >= 0.3 is 12.1 Å². The largest absolute Gasteiger partial charge is 0.492 e. The van der Waals surface area contributed by atoms with E-state index < -0.39 is 22.4 Å². The summed E-state index contributed by atoms with van der Waals surface area (Å²) in [5, 5.41) is 7.12. The topological polar surface area (TPSA) is 131 Å². The summed E-state index contributed by atoms with van der Waals surface area (Å²) in [7, 11) is -3.53. The molecule has 4 rings (SSSR count). The number of carbonyl (C=O) groups is 1. The van der Waals surface area contributed by atoms with Crippen LogP contribution in [0.15, 0.2) is 48.5 Å². The predicted molar refractivity (Wildman–Crippen MR) is 125 cm³/mol. The second-order valence-corrected chi connectivity index (χ2v) is 10.0. The molecule has 0 amide bonds. The molecule has 198 valence electrons. The highest BCUT2D eigenvalue weighted by Gasteiger charge is 2.38. The van der Waals surface area contributed by atoms with E-state index in [0.717, 1.165) is 23.3 Å². The first-order valence-electron chi connectivity index (χ1n) is 11.1. The van der Waals surface area contributed by atoms with Gasteiger partial charge in [-0.2, -0.15) is 30.6 Å². The maximum atomic E-state index is 12.5. The lowest BCUT2D eigenvalue weighted by Crippen LogP contribution is -2.46. The Morgan fingerprint density at radius 3 is 2.36 bits per heavy atom. The Morgan fingerprint density at radius 1 is 1.11 bits per heavy atom. The summed E-state index contributed by atoms with van der Waals surface area (Å²) >= 11 is 0. The lowest BCUT2D eigenvalue weighted by atomic mass is 9.84. The van der Waals surface area contributed by atoms with Crippen molar-refractivity contribution in [1.29, 1.82) is 0 Å². The van der Waals surface area contributed by atoms with E-state index in [9.17, 15) is 21.6 Å². The zero-order valence-corrected chi connectivity index (χ0v) is 20.1. The molecule has 2 heterocycles. The Kier molecular flexibility index (Phi) is 9.30. The third-order valence-electron chi connectivity index (χ3n) is 5.73. The molecule has 1 fully saturated rings. The molecular weight excluding hydrogens is 503 g/mol. The van der Waals surface area contributed by atoms with Crippen LogP contribution in [0.5, 0.6) is 5.75 Å². The Bertz CT molecular complexity index is 1130. The number of carboxylic acids is 1. The van der Waals surface area contributed by atoms with Crippen LogP contribution >= 0.6 is 0 Å². The summed E-state index contributed by atoms with van der Waals surface area (Å²) in [5.74, 6) is -1.81. The van der Waals surface area contributed by atoms with E-state index in [1.807, 2.05) is 36.4 Å². The maximum absolute atomic E-state index is 12.5. The van der Waals surface area contributed by atoms with Crippen LogP contribution in [0.2, 0.25) is 0 Å². The Hall–Kier alpha value is -2.71. The van der Waals surface area contributed by atoms with Crippen molar-refractivity contribution >= 4 is 16.2 Å². The standard InChI is InChI=1S/C21H27N3O4S.C2HF3O2/c22-20-15-28-21-7-6-17(14-23-29(25,26)24-8-10-27-11-9-24)13-19(21)18(20)12-16-4-2-1-3-5-16;3-2(4,5)1(6)7/h1-7,13,18,20,23H,8-12,14-15,22H2;(H,6,7). The van der Waals surface area contributed by atoms with E-state index in [2.05, 4.69) is 16.9 Å². The van der Waals surface area contributed by atoms with E-state index >= 15 is 0 Å². The minimum absolute atomic E-state index is 0.108. The Labute approximate surface area is 207 Å². The van der Waals surface area contributed by atoms with Gasteiger partial charge in [-0.25, -0.2) is 4.79 Å². The number of nitrogens with two attached hydrogens (primary N) is 1. The van der Waals surface area contributed by atoms with Crippen LogP contribution in [0, 0.1) is 0 Å². The van der Waals surface area contributed by atoms with Gasteiger partial charge in [0.05, 0.1) is 13.2 Å². The summed E-state index contributed by atoms with van der Waals surface area (Å²) in [5.41, 5.74) is 9.52. The van der Waals surface area contributed by atoms with Crippen LogP contribution in [0.3, 0.4) is 0 Å². The molecule has 0 bridgehead atoms. The average molecular weight is 532 g/mol. The van der Waals surface area contributed by atoms with Gasteiger partial charge in [-0.05, 0) is 29.2 Å². The van der Waals surface area contributed by atoms with Crippen molar-refractivity contribution in [3.05, 3.63) is 65.2 Å². The molecule has 2 aromatic rings. The van der Waals surface area contributed by atoms with Crippen molar-refractivity contribution in [2.75, 3.05) is 32.9 Å². The highest BCUT2D eigenvalue weighted by Crippen LogP contribution is 2.36. The highest BCUT2D eigenvalue weighted by atomic mass is 32.2. The molecule has 9 nitrogen and oxygen atoms in total. The number of alkyl halides is 3. The number of nitrogens with one attached hydrogen (secondary N) is 1. The summed E-state index contributed by atoms with van der Waals surface area (Å²) in [6, 6.07) is 16.0. The SMILES string of the molecule is NC1COc2ccc(CNS(=O)(=O)N3CCOCC3)cc2C1Cc1ccccc1.O=C(O)C(F)(F)F. The molecule has 0 spiro atoms. The summed E-state index contributed by atoms with van der Waals surface area (Å²) in [4.78, 5) is 8.90. The first-order valence-corrected chi connectivity index (χ1v) is 12.6. The monoisotopic (exact) mass is 531 g/mol. The van der Waals surface area contributed by atoms with Crippen LogP contribution in [-0.2, 0) is 32.7 Å². The number of halogens is 3. The molecule has 0 saturated carbocycles. The predicted octanol–water partition coefficient (Wildman–Crippen LogP) is 2.03. The van der Waals surface area contributed by atoms with Crippen LogP contribution in [0.25, 0.3) is 0 Å². The third-order valence-corrected chi connectivity index (χ3v) is 7.29. The van der Waals surface area contributed by atoms with Gasteiger partial charge in [-0.1, -0.05) is 42.5 Å².